The predicted octanol–water partition coefficient (Wildman–Crippen LogP) is -0.930. The third-order valence-corrected chi connectivity index (χ3v) is 3.31. The van der Waals surface area contributed by atoms with Gasteiger partial charge in [-0.05, 0) is 11.1 Å². The van der Waals surface area contributed by atoms with Crippen LogP contribution in [-0.2, 0) is 22.7 Å². The van der Waals surface area contributed by atoms with E-state index in [-0.39, 0.29) is 6.54 Å². The first-order valence-corrected chi connectivity index (χ1v) is 7.13. The number of primary amides is 2. The molecule has 0 atom stereocenters. The summed E-state index contributed by atoms with van der Waals surface area (Å²) < 4.78 is 1.90. The summed E-state index contributed by atoms with van der Waals surface area (Å²) in [4.78, 5) is 37.9. The van der Waals surface area contributed by atoms with Crippen molar-refractivity contribution in [1.29, 1.82) is 0 Å². The number of nitrogens with zero attached hydrogens (tertiary/aromatic N) is 2. The van der Waals surface area contributed by atoms with Gasteiger partial charge in [0.2, 0.25) is 11.8 Å². The van der Waals surface area contributed by atoms with Crippen molar-refractivity contribution in [3.63, 3.8) is 0 Å². The minimum atomic E-state index is -1.55. The summed E-state index contributed by atoms with van der Waals surface area (Å²) in [5.74, 6) is -2.03. The molecule has 0 aliphatic heterocycles. The maximum Gasteiger partial charge on any atom is 0.316 e. The monoisotopic (exact) mass is 330 g/mol. The van der Waals surface area contributed by atoms with Gasteiger partial charge in [-0.25, -0.2) is 9.78 Å². The highest BCUT2D eigenvalue weighted by Crippen LogP contribution is 2.10. The second-order valence-corrected chi connectivity index (χ2v) is 5.07. The summed E-state index contributed by atoms with van der Waals surface area (Å²) in [6, 6.07) is 5.28. The summed E-state index contributed by atoms with van der Waals surface area (Å²) in [7, 11) is 0. The van der Waals surface area contributed by atoms with Crippen LogP contribution in [0.3, 0.4) is 0 Å². The van der Waals surface area contributed by atoms with Gasteiger partial charge < -0.3 is 26.7 Å². The molecular formula is C15H18N6O3. The number of hydrogen-bond donors (Lipinski definition) is 4. The van der Waals surface area contributed by atoms with Crippen LogP contribution in [-0.4, -0.2) is 33.4 Å². The van der Waals surface area contributed by atoms with Gasteiger partial charge in [0.05, 0.1) is 6.33 Å². The molecule has 0 fully saturated rings. The van der Waals surface area contributed by atoms with Gasteiger partial charge in [-0.1, -0.05) is 24.3 Å². The molecule has 0 spiro atoms. The minimum absolute atomic E-state index is 0.209. The van der Waals surface area contributed by atoms with Crippen molar-refractivity contribution in [2.24, 2.45) is 11.5 Å². The van der Waals surface area contributed by atoms with Gasteiger partial charge in [0, 0.05) is 25.5 Å². The Kier molecular flexibility index (Phi) is 5.50. The van der Waals surface area contributed by atoms with Crippen molar-refractivity contribution in [3.05, 3.63) is 54.1 Å². The molecule has 9 heteroatoms. The van der Waals surface area contributed by atoms with Crippen molar-refractivity contribution >= 4 is 17.8 Å². The van der Waals surface area contributed by atoms with Crippen molar-refractivity contribution in [3.8, 4) is 0 Å². The first-order valence-electron chi connectivity index (χ1n) is 7.13. The van der Waals surface area contributed by atoms with Crippen LogP contribution in [0.4, 0.5) is 4.79 Å². The van der Waals surface area contributed by atoms with E-state index in [0.29, 0.717) is 6.54 Å². The molecule has 1 aromatic carbocycles. The Morgan fingerprint density at radius 2 is 1.79 bits per heavy atom. The lowest BCUT2D eigenvalue weighted by Gasteiger charge is -2.14. The molecule has 0 bridgehead atoms. The molecule has 1 aromatic heterocycles. The highest BCUT2D eigenvalue weighted by atomic mass is 16.2. The number of urea groups is 1. The topological polar surface area (TPSA) is 145 Å². The molecule has 2 aromatic rings. The van der Waals surface area contributed by atoms with Crippen LogP contribution in [0.1, 0.15) is 11.1 Å². The molecule has 0 unspecified atom stereocenters. The fraction of sp³-hybridized carbons (Fsp3) is 0.200. The molecule has 9 nitrogen and oxygen atoms in total. The van der Waals surface area contributed by atoms with E-state index in [1.165, 1.54) is 0 Å². The third-order valence-electron chi connectivity index (χ3n) is 3.31. The fourth-order valence-electron chi connectivity index (χ4n) is 2.10. The van der Waals surface area contributed by atoms with E-state index in [2.05, 4.69) is 15.6 Å². The summed E-state index contributed by atoms with van der Waals surface area (Å²) >= 11 is 0. The molecule has 4 amide bonds. The zero-order chi connectivity index (χ0) is 17.5. The van der Waals surface area contributed by atoms with Crippen LogP contribution in [0.2, 0.25) is 0 Å². The van der Waals surface area contributed by atoms with E-state index in [0.717, 1.165) is 11.1 Å². The van der Waals surface area contributed by atoms with E-state index < -0.39 is 23.9 Å². The molecule has 2 rings (SSSR count). The number of benzene rings is 1. The normalized spacial score (nSPS) is 10.4. The lowest BCUT2D eigenvalue weighted by Crippen LogP contribution is -2.54. The van der Waals surface area contributed by atoms with Crippen LogP contribution in [0.5, 0.6) is 0 Å². The number of nitrogens with one attached hydrogen (secondary N) is 2. The molecule has 1 heterocycles. The van der Waals surface area contributed by atoms with Crippen LogP contribution in [0, 0.1) is 0 Å². The van der Waals surface area contributed by atoms with Crippen LogP contribution in [0.25, 0.3) is 0 Å². The second-order valence-electron chi connectivity index (χ2n) is 5.07. The quantitative estimate of drug-likeness (QED) is 0.486. The molecule has 24 heavy (non-hydrogen) atoms. The molecule has 0 radical (unpaired) electrons. The molecule has 0 aliphatic carbocycles. The number of amides is 4. The van der Waals surface area contributed by atoms with E-state index in [4.69, 9.17) is 11.5 Å². The molecule has 0 saturated carbocycles. The zero-order valence-corrected chi connectivity index (χ0v) is 12.8. The number of imidazole rings is 1. The Hall–Kier alpha value is -3.36. The van der Waals surface area contributed by atoms with Gasteiger partial charge in [-0.2, -0.15) is 0 Å². The number of rotatable bonds is 7. The smallest absolute Gasteiger partial charge is 0.316 e. The first-order chi connectivity index (χ1) is 11.5. The number of carbonyl (C=O) groups excluding carboxylic acids is 3. The summed E-state index contributed by atoms with van der Waals surface area (Å²) in [6.07, 6.45) is 5.21. The van der Waals surface area contributed by atoms with E-state index >= 15 is 0 Å². The Balaban J connectivity index is 1.98. The molecule has 126 valence electrons. The first kappa shape index (κ1) is 17.0. The third kappa shape index (κ3) is 4.57. The Bertz CT molecular complexity index is 715. The average Bonchev–Trinajstić information content (AvgIpc) is 3.04. The number of carbonyl (C=O) groups is 3. The number of aromatic nitrogens is 2. The van der Waals surface area contributed by atoms with E-state index in [9.17, 15) is 14.4 Å². The average molecular weight is 330 g/mol. The highest BCUT2D eigenvalue weighted by Gasteiger charge is 2.23. The lowest BCUT2D eigenvalue weighted by molar-refractivity contribution is -0.128. The van der Waals surface area contributed by atoms with Gasteiger partial charge >= 0.3 is 6.03 Å². The Labute approximate surface area is 138 Å². The maximum absolute atomic E-state index is 11.8. The SMILES string of the molecule is NC(=O)C(NC(=O)NCc1ccccc1Cn1ccnc1)C(N)=O. The van der Waals surface area contributed by atoms with E-state index in [1.54, 1.807) is 12.5 Å². The second kappa shape index (κ2) is 7.77. The van der Waals surface area contributed by atoms with Crippen molar-refractivity contribution < 1.29 is 14.4 Å². The standard InChI is InChI=1S/C15H18N6O3/c16-13(22)12(14(17)23)20-15(24)19-7-10-3-1-2-4-11(10)8-21-6-5-18-9-21/h1-6,9,12H,7-8H2,(H2,16,22)(H2,17,23)(H2,19,20,24). The van der Waals surface area contributed by atoms with Crippen molar-refractivity contribution in [2.75, 3.05) is 0 Å². The van der Waals surface area contributed by atoms with Crippen LogP contribution in [0.15, 0.2) is 43.0 Å². The summed E-state index contributed by atoms with van der Waals surface area (Å²) in [6.45, 7) is 0.811. The summed E-state index contributed by atoms with van der Waals surface area (Å²) in [5, 5.41) is 4.71. The zero-order valence-electron chi connectivity index (χ0n) is 12.8. The molecule has 0 aliphatic rings. The van der Waals surface area contributed by atoms with Gasteiger partial charge in [0.25, 0.3) is 0 Å². The van der Waals surface area contributed by atoms with Crippen LogP contribution >= 0.6 is 0 Å². The summed E-state index contributed by atoms with van der Waals surface area (Å²) in [5.41, 5.74) is 11.9. The Morgan fingerprint density at radius 3 is 2.38 bits per heavy atom. The van der Waals surface area contributed by atoms with Gasteiger partial charge in [-0.3, -0.25) is 9.59 Å². The fourth-order valence-corrected chi connectivity index (χ4v) is 2.10. The number of hydrogen-bond acceptors (Lipinski definition) is 4. The van der Waals surface area contributed by atoms with Gasteiger partial charge in [0.15, 0.2) is 6.04 Å². The van der Waals surface area contributed by atoms with Crippen molar-refractivity contribution in [2.45, 2.75) is 19.1 Å². The van der Waals surface area contributed by atoms with Gasteiger partial charge in [-0.15, -0.1) is 0 Å². The Morgan fingerprint density at radius 1 is 1.12 bits per heavy atom. The molecule has 6 N–H and O–H groups in total. The van der Waals surface area contributed by atoms with Gasteiger partial charge in [0.1, 0.15) is 0 Å². The predicted molar refractivity (Wildman–Crippen MR) is 85.3 cm³/mol. The largest absolute Gasteiger partial charge is 0.367 e. The maximum atomic E-state index is 11.8. The number of nitrogens with two attached hydrogens (primary N) is 2. The molecule has 0 saturated heterocycles. The van der Waals surface area contributed by atoms with E-state index in [1.807, 2.05) is 35.0 Å². The highest BCUT2D eigenvalue weighted by molar-refractivity contribution is 6.05. The molecular weight excluding hydrogens is 312 g/mol. The van der Waals surface area contributed by atoms with Crippen LogP contribution < -0.4 is 22.1 Å². The lowest BCUT2D eigenvalue weighted by atomic mass is 10.1. The minimum Gasteiger partial charge on any atom is -0.367 e. The van der Waals surface area contributed by atoms with Crippen molar-refractivity contribution in [1.82, 2.24) is 20.2 Å².